The van der Waals surface area contributed by atoms with Gasteiger partial charge in [0.2, 0.25) is 0 Å². The Morgan fingerprint density at radius 2 is 2.00 bits per heavy atom. The lowest BCUT2D eigenvalue weighted by molar-refractivity contribution is -0.136. The van der Waals surface area contributed by atoms with Crippen LogP contribution in [-0.2, 0) is 11.2 Å². The molecule has 1 aromatic carbocycles. The molecule has 3 nitrogen and oxygen atoms in total. The van der Waals surface area contributed by atoms with Crippen molar-refractivity contribution >= 4 is 5.97 Å². The Morgan fingerprint density at radius 1 is 1.33 bits per heavy atom. The highest BCUT2D eigenvalue weighted by molar-refractivity contribution is 5.68. The number of allylic oxidation sites excluding steroid dienone is 1. The van der Waals surface area contributed by atoms with Crippen molar-refractivity contribution in [3.63, 3.8) is 0 Å². The highest BCUT2D eigenvalue weighted by Gasteiger charge is 1.92. The van der Waals surface area contributed by atoms with Gasteiger partial charge < -0.3 is 9.84 Å². The Kier molecular flexibility index (Phi) is 4.41. The third-order valence-electron chi connectivity index (χ3n) is 1.97. The maximum atomic E-state index is 10.2. The van der Waals surface area contributed by atoms with Crippen LogP contribution in [0.1, 0.15) is 12.0 Å². The Labute approximate surface area is 89.0 Å². The Bertz CT molecular complexity index is 338. The van der Waals surface area contributed by atoms with Crippen LogP contribution in [0.4, 0.5) is 0 Å². The zero-order chi connectivity index (χ0) is 11.1. The van der Waals surface area contributed by atoms with Crippen molar-refractivity contribution in [1.82, 2.24) is 0 Å². The lowest BCUT2D eigenvalue weighted by atomic mass is 10.1. The summed E-state index contributed by atoms with van der Waals surface area (Å²) in [5.41, 5.74) is 1.14. The standard InChI is InChI=1S/C12H14O3/c1-15-11-8-6-10(7-9-11)4-2-3-5-12(13)14/h2-3,6-9H,4-5H2,1H3,(H,13,14)/b3-2-. The average Bonchev–Trinajstić information content (AvgIpc) is 2.25. The van der Waals surface area contributed by atoms with Gasteiger partial charge in [0.1, 0.15) is 5.75 Å². The molecule has 0 spiro atoms. The molecule has 1 aromatic rings. The fourth-order valence-electron chi connectivity index (χ4n) is 1.17. The molecule has 80 valence electrons. The predicted molar refractivity (Wildman–Crippen MR) is 58.1 cm³/mol. The molecule has 0 unspecified atom stereocenters. The molecule has 0 amide bonds. The molecule has 0 aliphatic carbocycles. The van der Waals surface area contributed by atoms with E-state index < -0.39 is 5.97 Å². The SMILES string of the molecule is COc1ccc(C/C=C\CC(=O)O)cc1. The summed E-state index contributed by atoms with van der Waals surface area (Å²) < 4.78 is 5.03. The van der Waals surface area contributed by atoms with Gasteiger partial charge in [-0.25, -0.2) is 0 Å². The van der Waals surface area contributed by atoms with E-state index in [2.05, 4.69) is 0 Å². The zero-order valence-corrected chi connectivity index (χ0v) is 8.64. The Balaban J connectivity index is 2.44. The quantitative estimate of drug-likeness (QED) is 0.752. The first-order valence-corrected chi connectivity index (χ1v) is 4.72. The molecule has 0 saturated carbocycles. The lowest BCUT2D eigenvalue weighted by Crippen LogP contribution is -1.90. The van der Waals surface area contributed by atoms with Crippen molar-refractivity contribution in [2.45, 2.75) is 12.8 Å². The van der Waals surface area contributed by atoms with Gasteiger partial charge in [-0.2, -0.15) is 0 Å². The summed E-state index contributed by atoms with van der Waals surface area (Å²) in [6.07, 6.45) is 4.34. The van der Waals surface area contributed by atoms with Crippen molar-refractivity contribution in [3.8, 4) is 5.75 Å². The van der Waals surface area contributed by atoms with Crippen molar-refractivity contribution in [3.05, 3.63) is 42.0 Å². The van der Waals surface area contributed by atoms with E-state index >= 15 is 0 Å². The Hall–Kier alpha value is -1.77. The third kappa shape index (κ3) is 4.31. The summed E-state index contributed by atoms with van der Waals surface area (Å²) in [6.45, 7) is 0. The number of ether oxygens (including phenoxy) is 1. The molecule has 0 radical (unpaired) electrons. The second-order valence-corrected chi connectivity index (χ2v) is 3.12. The fraction of sp³-hybridized carbons (Fsp3) is 0.250. The topological polar surface area (TPSA) is 46.5 Å². The van der Waals surface area contributed by atoms with Crippen molar-refractivity contribution in [2.75, 3.05) is 7.11 Å². The number of hydrogen-bond donors (Lipinski definition) is 1. The first-order valence-electron chi connectivity index (χ1n) is 4.72. The van der Waals surface area contributed by atoms with E-state index in [1.54, 1.807) is 13.2 Å². The van der Waals surface area contributed by atoms with Crippen LogP contribution in [0.2, 0.25) is 0 Å². The highest BCUT2D eigenvalue weighted by Crippen LogP contribution is 2.11. The molecule has 0 aliphatic rings. The van der Waals surface area contributed by atoms with Gasteiger partial charge in [0, 0.05) is 0 Å². The van der Waals surface area contributed by atoms with Gasteiger partial charge in [0.05, 0.1) is 13.5 Å². The maximum absolute atomic E-state index is 10.2. The molecule has 0 bridgehead atoms. The minimum absolute atomic E-state index is 0.0795. The molecule has 0 atom stereocenters. The number of carboxylic acid groups (broad SMARTS) is 1. The van der Waals surface area contributed by atoms with Crippen LogP contribution in [0, 0.1) is 0 Å². The zero-order valence-electron chi connectivity index (χ0n) is 8.64. The second kappa shape index (κ2) is 5.86. The molecular weight excluding hydrogens is 192 g/mol. The number of carboxylic acids is 1. The van der Waals surface area contributed by atoms with Crippen molar-refractivity contribution < 1.29 is 14.6 Å². The molecular formula is C12H14O3. The molecule has 0 heterocycles. The molecule has 15 heavy (non-hydrogen) atoms. The van der Waals surface area contributed by atoms with E-state index in [0.29, 0.717) is 0 Å². The van der Waals surface area contributed by atoms with Crippen molar-refractivity contribution in [1.29, 1.82) is 0 Å². The fourth-order valence-corrected chi connectivity index (χ4v) is 1.17. The molecule has 0 aromatic heterocycles. The van der Waals surface area contributed by atoms with Gasteiger partial charge in [0.25, 0.3) is 0 Å². The van der Waals surface area contributed by atoms with Gasteiger partial charge in [-0.05, 0) is 24.1 Å². The van der Waals surface area contributed by atoms with Crippen molar-refractivity contribution in [2.24, 2.45) is 0 Å². The average molecular weight is 206 g/mol. The van der Waals surface area contributed by atoms with Crippen LogP contribution in [0.3, 0.4) is 0 Å². The number of aliphatic carboxylic acids is 1. The number of rotatable bonds is 5. The smallest absolute Gasteiger partial charge is 0.307 e. The minimum atomic E-state index is -0.805. The number of carbonyl (C=O) groups is 1. The normalized spacial score (nSPS) is 10.5. The predicted octanol–water partition coefficient (Wildman–Crippen LogP) is 2.27. The summed E-state index contributed by atoms with van der Waals surface area (Å²) >= 11 is 0. The first kappa shape index (κ1) is 11.3. The van der Waals surface area contributed by atoms with Gasteiger partial charge in [0.15, 0.2) is 0 Å². The number of benzene rings is 1. The summed E-state index contributed by atoms with van der Waals surface area (Å²) in [5.74, 6) is 0.0225. The number of hydrogen-bond acceptors (Lipinski definition) is 2. The Morgan fingerprint density at radius 3 is 2.53 bits per heavy atom. The van der Waals surface area contributed by atoms with Crippen LogP contribution in [0.25, 0.3) is 0 Å². The third-order valence-corrected chi connectivity index (χ3v) is 1.97. The maximum Gasteiger partial charge on any atom is 0.307 e. The van der Waals surface area contributed by atoms with E-state index in [9.17, 15) is 4.79 Å². The minimum Gasteiger partial charge on any atom is -0.497 e. The summed E-state index contributed by atoms with van der Waals surface area (Å²) in [4.78, 5) is 10.2. The van der Waals surface area contributed by atoms with E-state index in [-0.39, 0.29) is 6.42 Å². The second-order valence-electron chi connectivity index (χ2n) is 3.12. The van der Waals surface area contributed by atoms with Gasteiger partial charge >= 0.3 is 5.97 Å². The van der Waals surface area contributed by atoms with Gasteiger partial charge in [-0.3, -0.25) is 4.79 Å². The first-order chi connectivity index (χ1) is 7.22. The van der Waals surface area contributed by atoms with E-state index in [4.69, 9.17) is 9.84 Å². The molecule has 0 saturated heterocycles. The number of methoxy groups -OCH3 is 1. The van der Waals surface area contributed by atoms with E-state index in [1.165, 1.54) is 0 Å². The van der Waals surface area contributed by atoms with Crippen LogP contribution in [-0.4, -0.2) is 18.2 Å². The molecule has 1 N–H and O–H groups in total. The van der Waals surface area contributed by atoms with Crippen LogP contribution in [0.5, 0.6) is 5.75 Å². The molecule has 0 aliphatic heterocycles. The highest BCUT2D eigenvalue weighted by atomic mass is 16.5. The molecule has 3 heteroatoms. The van der Waals surface area contributed by atoms with Crippen LogP contribution >= 0.6 is 0 Å². The molecule has 0 fully saturated rings. The van der Waals surface area contributed by atoms with E-state index in [1.807, 2.05) is 30.3 Å². The monoisotopic (exact) mass is 206 g/mol. The largest absolute Gasteiger partial charge is 0.497 e. The lowest BCUT2D eigenvalue weighted by Gasteiger charge is -2.00. The summed E-state index contributed by atoms with van der Waals surface area (Å²) in [6, 6.07) is 7.70. The van der Waals surface area contributed by atoms with Crippen LogP contribution in [0.15, 0.2) is 36.4 Å². The van der Waals surface area contributed by atoms with E-state index in [0.717, 1.165) is 17.7 Å². The van der Waals surface area contributed by atoms with Gasteiger partial charge in [-0.1, -0.05) is 24.3 Å². The molecule has 1 rings (SSSR count). The van der Waals surface area contributed by atoms with Crippen LogP contribution < -0.4 is 4.74 Å². The van der Waals surface area contributed by atoms with Gasteiger partial charge in [-0.15, -0.1) is 0 Å². The summed E-state index contributed by atoms with van der Waals surface area (Å²) in [5, 5.41) is 8.41. The summed E-state index contributed by atoms with van der Waals surface area (Å²) in [7, 11) is 1.63.